The quantitative estimate of drug-likeness (QED) is 0.559. The van der Waals surface area contributed by atoms with E-state index in [2.05, 4.69) is 11.9 Å². The van der Waals surface area contributed by atoms with Crippen molar-refractivity contribution in [2.24, 2.45) is 5.73 Å². The number of hydrogen-bond acceptors (Lipinski definition) is 2. The molecule has 0 aliphatic heterocycles. The summed E-state index contributed by atoms with van der Waals surface area (Å²) < 4.78 is 0. The van der Waals surface area contributed by atoms with Gasteiger partial charge in [0.15, 0.2) is 0 Å². The van der Waals surface area contributed by atoms with Crippen molar-refractivity contribution in [3.8, 4) is 0 Å². The number of carbonyl (C=O) groups excluding carboxylic acids is 1. The summed E-state index contributed by atoms with van der Waals surface area (Å²) in [5.74, 6) is -0.0181. The van der Waals surface area contributed by atoms with Gasteiger partial charge in [-0.15, -0.1) is 0 Å². The van der Waals surface area contributed by atoms with Crippen LogP contribution >= 0.6 is 0 Å². The first-order valence-electron chi connectivity index (χ1n) is 2.91. The predicted octanol–water partition coefficient (Wildman–Crippen LogP) is -0.0150. The Labute approximate surface area is 54.9 Å². The SMILES string of the molecule is C=CNC(=O)CCCN. The van der Waals surface area contributed by atoms with Gasteiger partial charge in [-0.3, -0.25) is 4.79 Å². The summed E-state index contributed by atoms with van der Waals surface area (Å²) in [6.07, 6.45) is 2.60. The Morgan fingerprint density at radius 1 is 1.78 bits per heavy atom. The lowest BCUT2D eigenvalue weighted by Crippen LogP contribution is -2.17. The second-order valence-corrected chi connectivity index (χ2v) is 1.66. The molecule has 0 radical (unpaired) electrons. The van der Waals surface area contributed by atoms with Crippen LogP contribution in [0.3, 0.4) is 0 Å². The number of carbonyl (C=O) groups is 1. The minimum Gasteiger partial charge on any atom is -0.333 e. The van der Waals surface area contributed by atoms with Crippen LogP contribution in [0.4, 0.5) is 0 Å². The topological polar surface area (TPSA) is 55.1 Å². The third kappa shape index (κ3) is 5.03. The van der Waals surface area contributed by atoms with Crippen molar-refractivity contribution in [3.05, 3.63) is 12.8 Å². The van der Waals surface area contributed by atoms with Crippen LogP contribution in [-0.4, -0.2) is 12.5 Å². The van der Waals surface area contributed by atoms with Gasteiger partial charge in [0, 0.05) is 6.42 Å². The molecular weight excluding hydrogens is 116 g/mol. The van der Waals surface area contributed by atoms with E-state index in [1.165, 1.54) is 6.20 Å². The molecule has 0 heterocycles. The molecule has 0 bridgehead atoms. The molecule has 9 heavy (non-hydrogen) atoms. The van der Waals surface area contributed by atoms with Crippen molar-refractivity contribution in [3.63, 3.8) is 0 Å². The largest absolute Gasteiger partial charge is 0.333 e. The molecule has 0 unspecified atom stereocenters. The van der Waals surface area contributed by atoms with Gasteiger partial charge in [-0.1, -0.05) is 6.58 Å². The number of nitrogens with one attached hydrogen (secondary N) is 1. The van der Waals surface area contributed by atoms with Gasteiger partial charge in [-0.25, -0.2) is 0 Å². The van der Waals surface area contributed by atoms with Crippen LogP contribution in [-0.2, 0) is 4.79 Å². The fraction of sp³-hybridized carbons (Fsp3) is 0.500. The lowest BCUT2D eigenvalue weighted by molar-refractivity contribution is -0.120. The van der Waals surface area contributed by atoms with E-state index >= 15 is 0 Å². The zero-order chi connectivity index (χ0) is 7.11. The molecule has 0 aliphatic rings. The highest BCUT2D eigenvalue weighted by Gasteiger charge is 1.94. The van der Waals surface area contributed by atoms with Gasteiger partial charge in [0.05, 0.1) is 0 Å². The Bertz CT molecular complexity index is 101. The van der Waals surface area contributed by atoms with Crippen molar-refractivity contribution in [1.29, 1.82) is 0 Å². The Morgan fingerprint density at radius 3 is 2.89 bits per heavy atom. The Kier molecular flexibility index (Phi) is 4.82. The normalized spacial score (nSPS) is 8.56. The molecule has 0 spiro atoms. The first kappa shape index (κ1) is 8.17. The molecule has 0 aromatic carbocycles. The van der Waals surface area contributed by atoms with Crippen LogP contribution in [0, 0.1) is 0 Å². The predicted molar refractivity (Wildman–Crippen MR) is 36.6 cm³/mol. The van der Waals surface area contributed by atoms with Gasteiger partial charge in [0.25, 0.3) is 0 Å². The van der Waals surface area contributed by atoms with E-state index in [0.717, 1.165) is 6.42 Å². The Balaban J connectivity index is 3.16. The van der Waals surface area contributed by atoms with Crippen LogP contribution in [0.15, 0.2) is 12.8 Å². The molecule has 1 amide bonds. The molecule has 0 aliphatic carbocycles. The van der Waals surface area contributed by atoms with Gasteiger partial charge in [0.1, 0.15) is 0 Å². The van der Waals surface area contributed by atoms with Gasteiger partial charge in [-0.2, -0.15) is 0 Å². The second-order valence-electron chi connectivity index (χ2n) is 1.66. The zero-order valence-electron chi connectivity index (χ0n) is 5.39. The molecule has 3 N–H and O–H groups in total. The molecule has 52 valence electrons. The van der Waals surface area contributed by atoms with Gasteiger partial charge < -0.3 is 11.1 Å². The molecule has 0 aromatic rings. The van der Waals surface area contributed by atoms with E-state index in [9.17, 15) is 4.79 Å². The Morgan fingerprint density at radius 2 is 2.44 bits per heavy atom. The molecule has 3 nitrogen and oxygen atoms in total. The third-order valence-corrected chi connectivity index (χ3v) is 0.871. The van der Waals surface area contributed by atoms with Crippen molar-refractivity contribution >= 4 is 5.91 Å². The third-order valence-electron chi connectivity index (χ3n) is 0.871. The van der Waals surface area contributed by atoms with Crippen LogP contribution in [0.1, 0.15) is 12.8 Å². The van der Waals surface area contributed by atoms with Gasteiger partial charge in [0.2, 0.25) is 5.91 Å². The monoisotopic (exact) mass is 128 g/mol. The minimum atomic E-state index is -0.0181. The summed E-state index contributed by atoms with van der Waals surface area (Å²) in [7, 11) is 0. The lowest BCUT2D eigenvalue weighted by Gasteiger charge is -1.95. The molecule has 3 heteroatoms. The summed E-state index contributed by atoms with van der Waals surface area (Å²) in [6, 6.07) is 0. The van der Waals surface area contributed by atoms with E-state index in [-0.39, 0.29) is 5.91 Å². The minimum absolute atomic E-state index is 0.0181. The highest BCUT2D eigenvalue weighted by atomic mass is 16.1. The van der Waals surface area contributed by atoms with Crippen LogP contribution in [0.25, 0.3) is 0 Å². The van der Waals surface area contributed by atoms with Crippen molar-refractivity contribution in [2.75, 3.05) is 6.54 Å². The molecule has 0 saturated heterocycles. The molecule has 0 fully saturated rings. The molecule has 0 saturated carbocycles. The summed E-state index contributed by atoms with van der Waals surface area (Å²) in [5.41, 5.74) is 5.17. The maximum atomic E-state index is 10.6. The standard InChI is InChI=1S/C6H12N2O/c1-2-8-6(9)4-3-5-7/h2H,1,3-5,7H2,(H,8,9). The number of hydrogen-bond donors (Lipinski definition) is 2. The molecular formula is C6H12N2O. The first-order valence-corrected chi connectivity index (χ1v) is 2.91. The lowest BCUT2D eigenvalue weighted by atomic mass is 10.3. The maximum absolute atomic E-state index is 10.6. The average Bonchev–Trinajstić information content (AvgIpc) is 1.85. The summed E-state index contributed by atoms with van der Waals surface area (Å²) in [6.45, 7) is 3.91. The number of nitrogens with two attached hydrogens (primary N) is 1. The van der Waals surface area contributed by atoms with Crippen molar-refractivity contribution in [1.82, 2.24) is 5.32 Å². The summed E-state index contributed by atoms with van der Waals surface area (Å²) in [5, 5.41) is 2.45. The average molecular weight is 128 g/mol. The van der Waals surface area contributed by atoms with Crippen LogP contribution in [0.2, 0.25) is 0 Å². The van der Waals surface area contributed by atoms with Gasteiger partial charge >= 0.3 is 0 Å². The number of amides is 1. The van der Waals surface area contributed by atoms with E-state index in [1.54, 1.807) is 0 Å². The maximum Gasteiger partial charge on any atom is 0.223 e. The highest BCUT2D eigenvalue weighted by Crippen LogP contribution is 1.83. The van der Waals surface area contributed by atoms with Crippen LogP contribution < -0.4 is 11.1 Å². The molecule has 0 atom stereocenters. The first-order chi connectivity index (χ1) is 4.31. The number of rotatable bonds is 4. The second kappa shape index (κ2) is 5.31. The van der Waals surface area contributed by atoms with Gasteiger partial charge in [-0.05, 0) is 19.2 Å². The fourth-order valence-corrected chi connectivity index (χ4v) is 0.449. The van der Waals surface area contributed by atoms with E-state index < -0.39 is 0 Å². The summed E-state index contributed by atoms with van der Waals surface area (Å²) in [4.78, 5) is 10.6. The van der Waals surface area contributed by atoms with Crippen molar-refractivity contribution < 1.29 is 4.79 Å². The van der Waals surface area contributed by atoms with E-state index in [1.807, 2.05) is 0 Å². The fourth-order valence-electron chi connectivity index (χ4n) is 0.449. The zero-order valence-corrected chi connectivity index (χ0v) is 5.39. The smallest absolute Gasteiger partial charge is 0.223 e. The van der Waals surface area contributed by atoms with Crippen molar-refractivity contribution in [2.45, 2.75) is 12.8 Å². The highest BCUT2D eigenvalue weighted by molar-refractivity contribution is 5.76. The Hall–Kier alpha value is -0.830. The summed E-state index contributed by atoms with van der Waals surface area (Å²) >= 11 is 0. The van der Waals surface area contributed by atoms with E-state index in [0.29, 0.717) is 13.0 Å². The molecule has 0 aromatic heterocycles. The van der Waals surface area contributed by atoms with E-state index in [4.69, 9.17) is 5.73 Å². The van der Waals surface area contributed by atoms with Crippen LogP contribution in [0.5, 0.6) is 0 Å². The molecule has 0 rings (SSSR count).